The van der Waals surface area contributed by atoms with Crippen LogP contribution in [-0.2, 0) is 0 Å². The summed E-state index contributed by atoms with van der Waals surface area (Å²) >= 11 is 0. The third-order valence-corrected chi connectivity index (χ3v) is 4.48. The summed E-state index contributed by atoms with van der Waals surface area (Å²) in [6.07, 6.45) is 1.84. The molecule has 0 saturated heterocycles. The fourth-order valence-electron chi connectivity index (χ4n) is 3.10. The molecule has 2 aromatic heterocycles. The van der Waals surface area contributed by atoms with Gasteiger partial charge in [0.1, 0.15) is 6.10 Å². The molecule has 3 aromatic rings. The highest BCUT2D eigenvalue weighted by Crippen LogP contribution is 2.42. The second-order valence-electron chi connectivity index (χ2n) is 5.85. The number of aryl methyl sites for hydroxylation is 2. The summed E-state index contributed by atoms with van der Waals surface area (Å²) in [6, 6.07) is 12.0. The molecular weight excluding hydrogens is 276 g/mol. The number of nitrogens with zero attached hydrogens (tertiary/aromatic N) is 2. The topological polar surface area (TPSA) is 46.8 Å². The van der Waals surface area contributed by atoms with Crippen LogP contribution in [0.3, 0.4) is 0 Å². The minimum Gasteiger partial charge on any atom is -0.481 e. The summed E-state index contributed by atoms with van der Waals surface area (Å²) in [4.78, 5) is 4.62. The van der Waals surface area contributed by atoms with E-state index >= 15 is 0 Å². The summed E-state index contributed by atoms with van der Waals surface area (Å²) in [5, 5.41) is 10.5. The largest absolute Gasteiger partial charge is 0.481 e. The van der Waals surface area contributed by atoms with Crippen molar-refractivity contribution in [3.63, 3.8) is 0 Å². The van der Waals surface area contributed by atoms with Gasteiger partial charge in [0.15, 0.2) is 11.4 Å². The first-order valence-electron chi connectivity index (χ1n) is 7.53. The average Bonchev–Trinajstić information content (AvgIpc) is 2.84. The number of benzene rings is 1. The van der Waals surface area contributed by atoms with Gasteiger partial charge in [-0.2, -0.15) is 0 Å². The van der Waals surface area contributed by atoms with Crippen LogP contribution in [0.1, 0.15) is 41.1 Å². The number of rotatable bonds is 1. The minimum absolute atomic E-state index is 0.146. The predicted octanol–water partition coefficient (Wildman–Crippen LogP) is 3.51. The van der Waals surface area contributed by atoms with E-state index in [1.807, 2.05) is 60.8 Å². The lowest BCUT2D eigenvalue weighted by atomic mass is 9.96. The van der Waals surface area contributed by atoms with Crippen LogP contribution in [0.15, 0.2) is 42.6 Å². The lowest BCUT2D eigenvalue weighted by molar-refractivity contribution is 0.0665. The molecule has 0 radical (unpaired) electrons. The first-order valence-corrected chi connectivity index (χ1v) is 7.53. The first-order chi connectivity index (χ1) is 10.6. The Morgan fingerprint density at radius 1 is 1.18 bits per heavy atom. The molecule has 1 N–H and O–H groups in total. The molecule has 4 rings (SSSR count). The molecule has 2 unspecified atom stereocenters. The third kappa shape index (κ3) is 1.91. The van der Waals surface area contributed by atoms with E-state index in [4.69, 9.17) is 4.74 Å². The Balaban J connectivity index is 1.86. The molecule has 3 heterocycles. The van der Waals surface area contributed by atoms with Crippen LogP contribution in [0, 0.1) is 13.8 Å². The summed E-state index contributed by atoms with van der Waals surface area (Å²) in [7, 11) is 0. The van der Waals surface area contributed by atoms with Crippen molar-refractivity contribution in [2.24, 2.45) is 0 Å². The van der Waals surface area contributed by atoms with E-state index in [2.05, 4.69) is 4.98 Å². The number of hydrogen-bond acceptors (Lipinski definition) is 3. The van der Waals surface area contributed by atoms with E-state index in [1.54, 1.807) is 0 Å². The van der Waals surface area contributed by atoms with Gasteiger partial charge in [-0.1, -0.05) is 30.3 Å². The quantitative estimate of drug-likeness (QED) is 0.747. The fourth-order valence-corrected chi connectivity index (χ4v) is 3.10. The highest BCUT2D eigenvalue weighted by molar-refractivity contribution is 5.61. The number of aliphatic hydroxyl groups is 1. The lowest BCUT2D eigenvalue weighted by Gasteiger charge is -2.30. The number of ether oxygens (including phenoxy) is 1. The van der Waals surface area contributed by atoms with Crippen molar-refractivity contribution in [1.82, 2.24) is 9.38 Å². The SMILES string of the molecule is Cc1nc2c3c(ccn2c1C)C(O)CC(c1ccccc1)O3. The smallest absolute Gasteiger partial charge is 0.180 e. The summed E-state index contributed by atoms with van der Waals surface area (Å²) in [6.45, 7) is 4.03. The molecule has 22 heavy (non-hydrogen) atoms. The zero-order chi connectivity index (χ0) is 15.3. The Bertz CT molecular complexity index is 839. The first kappa shape index (κ1) is 13.3. The summed E-state index contributed by atoms with van der Waals surface area (Å²) in [5.41, 5.74) is 4.76. The highest BCUT2D eigenvalue weighted by Gasteiger charge is 2.30. The van der Waals surface area contributed by atoms with Crippen molar-refractivity contribution in [1.29, 1.82) is 0 Å². The van der Waals surface area contributed by atoms with E-state index in [-0.39, 0.29) is 6.10 Å². The number of aromatic nitrogens is 2. The minimum atomic E-state index is -0.531. The van der Waals surface area contributed by atoms with Gasteiger partial charge in [0.05, 0.1) is 11.8 Å². The zero-order valence-electron chi connectivity index (χ0n) is 12.7. The predicted molar refractivity (Wildman–Crippen MR) is 84.1 cm³/mol. The molecule has 1 aromatic carbocycles. The van der Waals surface area contributed by atoms with Gasteiger partial charge < -0.3 is 14.2 Å². The highest BCUT2D eigenvalue weighted by atomic mass is 16.5. The molecule has 4 heteroatoms. The van der Waals surface area contributed by atoms with Gasteiger partial charge in [0.25, 0.3) is 0 Å². The van der Waals surface area contributed by atoms with Crippen LogP contribution in [0.5, 0.6) is 5.75 Å². The van der Waals surface area contributed by atoms with E-state index in [9.17, 15) is 5.11 Å². The fraction of sp³-hybridized carbons (Fsp3) is 0.278. The zero-order valence-corrected chi connectivity index (χ0v) is 12.7. The van der Waals surface area contributed by atoms with Gasteiger partial charge in [-0.05, 0) is 25.5 Å². The van der Waals surface area contributed by atoms with Gasteiger partial charge in [-0.3, -0.25) is 0 Å². The normalized spacial score (nSPS) is 20.7. The molecule has 112 valence electrons. The van der Waals surface area contributed by atoms with Gasteiger partial charge in [0, 0.05) is 23.9 Å². The molecule has 4 nitrogen and oxygen atoms in total. The van der Waals surface area contributed by atoms with E-state index < -0.39 is 6.10 Å². The molecular formula is C18H18N2O2. The maximum Gasteiger partial charge on any atom is 0.180 e. The number of aliphatic hydroxyl groups excluding tert-OH is 1. The monoisotopic (exact) mass is 294 g/mol. The molecule has 0 saturated carbocycles. The van der Waals surface area contributed by atoms with Crippen molar-refractivity contribution < 1.29 is 9.84 Å². The Kier molecular flexibility index (Phi) is 2.94. The second kappa shape index (κ2) is 4.85. The second-order valence-corrected chi connectivity index (χ2v) is 5.85. The van der Waals surface area contributed by atoms with Crippen LogP contribution >= 0.6 is 0 Å². The van der Waals surface area contributed by atoms with Crippen molar-refractivity contribution in [2.45, 2.75) is 32.5 Å². The van der Waals surface area contributed by atoms with Gasteiger partial charge in [-0.25, -0.2) is 4.98 Å². The van der Waals surface area contributed by atoms with Crippen molar-refractivity contribution in [3.8, 4) is 5.75 Å². The van der Waals surface area contributed by atoms with Crippen molar-refractivity contribution >= 4 is 5.65 Å². The number of pyridine rings is 1. The molecule has 1 aliphatic heterocycles. The van der Waals surface area contributed by atoms with Gasteiger partial charge >= 0.3 is 0 Å². The summed E-state index contributed by atoms with van der Waals surface area (Å²) < 4.78 is 8.25. The van der Waals surface area contributed by atoms with Crippen molar-refractivity contribution in [3.05, 3.63) is 65.1 Å². The Hall–Kier alpha value is -2.33. The average molecular weight is 294 g/mol. The molecule has 0 fully saturated rings. The third-order valence-electron chi connectivity index (χ3n) is 4.48. The number of imidazole rings is 1. The van der Waals surface area contributed by atoms with Gasteiger partial charge in [0.2, 0.25) is 0 Å². The molecule has 0 amide bonds. The standard InChI is InChI=1S/C18H18N2O2/c1-11-12(2)20-9-8-14-15(21)10-16(13-6-4-3-5-7-13)22-17(14)18(20)19-11/h3-9,15-16,21H,10H2,1-2H3. The van der Waals surface area contributed by atoms with Crippen molar-refractivity contribution in [2.75, 3.05) is 0 Å². The van der Waals surface area contributed by atoms with Crippen LogP contribution in [0.25, 0.3) is 5.65 Å². The maximum absolute atomic E-state index is 10.5. The molecule has 0 spiro atoms. The number of fused-ring (bicyclic) bond motifs is 3. The van der Waals surface area contributed by atoms with Crippen LogP contribution in [-0.4, -0.2) is 14.5 Å². The molecule has 2 atom stereocenters. The Morgan fingerprint density at radius 2 is 1.95 bits per heavy atom. The van der Waals surface area contributed by atoms with Crippen LogP contribution < -0.4 is 4.74 Å². The molecule has 0 aliphatic carbocycles. The van der Waals surface area contributed by atoms with Crippen LogP contribution in [0.2, 0.25) is 0 Å². The summed E-state index contributed by atoms with van der Waals surface area (Å²) in [5.74, 6) is 0.700. The maximum atomic E-state index is 10.5. The molecule has 1 aliphatic rings. The van der Waals surface area contributed by atoms with E-state index in [0.29, 0.717) is 12.2 Å². The van der Waals surface area contributed by atoms with E-state index in [1.165, 1.54) is 0 Å². The lowest BCUT2D eigenvalue weighted by Crippen LogP contribution is -2.19. The Morgan fingerprint density at radius 3 is 2.73 bits per heavy atom. The Labute approximate surface area is 129 Å². The number of hydrogen-bond donors (Lipinski definition) is 1. The van der Waals surface area contributed by atoms with E-state index in [0.717, 1.165) is 28.2 Å². The molecule has 0 bridgehead atoms. The van der Waals surface area contributed by atoms with Gasteiger partial charge in [-0.15, -0.1) is 0 Å². The van der Waals surface area contributed by atoms with Crippen LogP contribution in [0.4, 0.5) is 0 Å².